The van der Waals surface area contributed by atoms with Gasteiger partial charge in [0.2, 0.25) is 5.91 Å². The van der Waals surface area contributed by atoms with E-state index < -0.39 is 11.7 Å². The fourth-order valence-electron chi connectivity index (χ4n) is 2.58. The Morgan fingerprint density at radius 3 is 2.12 bits per heavy atom. The third-order valence-electron chi connectivity index (χ3n) is 4.47. The molecule has 6 nitrogen and oxygen atoms in total. The molecule has 0 saturated heterocycles. The first-order valence-corrected chi connectivity index (χ1v) is 9.70. The number of ether oxygens (including phenoxy) is 1. The molecule has 2 aromatic rings. The minimum Gasteiger partial charge on any atom is -0.497 e. The number of guanidine groups is 1. The molecule has 0 aliphatic rings. The maximum absolute atomic E-state index is 12.7. The van der Waals surface area contributed by atoms with Crippen LogP contribution >= 0.6 is 24.0 Å². The number of rotatable bonds is 8. The monoisotopic (exact) mass is 564 g/mol. The minimum atomic E-state index is -4.37. The van der Waals surface area contributed by atoms with Crippen LogP contribution in [0.4, 0.5) is 13.2 Å². The van der Waals surface area contributed by atoms with E-state index in [2.05, 4.69) is 15.6 Å². The standard InChI is InChI=1S/C22H27F3N4O2.HI/c1-29(2)20(30)15-28-21(26-13-12-16-6-10-19(31-3)11-7-16)27-14-17-4-8-18(9-5-17)22(23,24)25;/h4-11H,12-15H2,1-3H3,(H2,26,27,28);1H. The van der Waals surface area contributed by atoms with Crippen molar-refractivity contribution in [1.29, 1.82) is 0 Å². The fraction of sp³-hybridized carbons (Fsp3) is 0.364. The predicted molar refractivity (Wildman–Crippen MR) is 129 cm³/mol. The molecule has 2 rings (SSSR count). The highest BCUT2D eigenvalue weighted by Gasteiger charge is 2.29. The Balaban J connectivity index is 0.00000512. The number of likely N-dealkylation sites (N-methyl/N-ethyl adjacent to an activating group) is 1. The lowest BCUT2D eigenvalue weighted by atomic mass is 10.1. The molecule has 176 valence electrons. The third kappa shape index (κ3) is 9.33. The van der Waals surface area contributed by atoms with Gasteiger partial charge in [-0.05, 0) is 41.8 Å². The number of alkyl halides is 3. The van der Waals surface area contributed by atoms with Gasteiger partial charge in [-0.2, -0.15) is 13.2 Å². The number of methoxy groups -OCH3 is 1. The van der Waals surface area contributed by atoms with Gasteiger partial charge in [0.05, 0.1) is 25.8 Å². The van der Waals surface area contributed by atoms with E-state index in [1.165, 1.54) is 17.0 Å². The summed E-state index contributed by atoms with van der Waals surface area (Å²) < 4.78 is 43.3. The van der Waals surface area contributed by atoms with Gasteiger partial charge in [-0.1, -0.05) is 24.3 Å². The number of hydrogen-bond donors (Lipinski definition) is 2. The average molecular weight is 564 g/mol. The van der Waals surface area contributed by atoms with E-state index in [1.807, 2.05) is 24.3 Å². The number of hydrogen-bond acceptors (Lipinski definition) is 3. The predicted octanol–water partition coefficient (Wildman–Crippen LogP) is 3.70. The lowest BCUT2D eigenvalue weighted by Gasteiger charge is -2.15. The van der Waals surface area contributed by atoms with E-state index in [0.29, 0.717) is 24.5 Å². The van der Waals surface area contributed by atoms with Crippen molar-refractivity contribution in [3.05, 3.63) is 65.2 Å². The van der Waals surface area contributed by atoms with Crippen molar-refractivity contribution in [1.82, 2.24) is 15.5 Å². The second kappa shape index (κ2) is 13.1. The molecule has 0 heterocycles. The van der Waals surface area contributed by atoms with Crippen LogP contribution in [0.5, 0.6) is 5.75 Å². The van der Waals surface area contributed by atoms with Crippen molar-refractivity contribution in [3.63, 3.8) is 0 Å². The van der Waals surface area contributed by atoms with E-state index in [-0.39, 0.29) is 43.0 Å². The molecule has 1 amide bonds. The van der Waals surface area contributed by atoms with Crippen LogP contribution in [0.1, 0.15) is 16.7 Å². The molecular formula is C22H28F3IN4O2. The number of amides is 1. The summed E-state index contributed by atoms with van der Waals surface area (Å²) in [5, 5.41) is 6.11. The Kier molecular flexibility index (Phi) is 11.3. The number of benzene rings is 2. The Labute approximate surface area is 203 Å². The summed E-state index contributed by atoms with van der Waals surface area (Å²) in [5.41, 5.74) is 1.02. The van der Waals surface area contributed by atoms with Crippen molar-refractivity contribution < 1.29 is 22.7 Å². The van der Waals surface area contributed by atoms with E-state index in [0.717, 1.165) is 23.4 Å². The van der Waals surface area contributed by atoms with Crippen molar-refractivity contribution in [3.8, 4) is 5.75 Å². The highest BCUT2D eigenvalue weighted by atomic mass is 127. The van der Waals surface area contributed by atoms with Crippen molar-refractivity contribution in [2.45, 2.75) is 19.1 Å². The molecule has 0 bridgehead atoms. The number of carbonyl (C=O) groups is 1. The molecule has 0 radical (unpaired) electrons. The van der Waals surface area contributed by atoms with E-state index >= 15 is 0 Å². The van der Waals surface area contributed by atoms with Crippen LogP contribution in [-0.2, 0) is 23.9 Å². The lowest BCUT2D eigenvalue weighted by Crippen LogP contribution is -2.43. The molecule has 0 aromatic heterocycles. The molecule has 10 heteroatoms. The summed E-state index contributed by atoms with van der Waals surface area (Å²) in [5.74, 6) is 1.06. The summed E-state index contributed by atoms with van der Waals surface area (Å²) in [6, 6.07) is 12.5. The number of nitrogens with one attached hydrogen (secondary N) is 2. The molecule has 0 aliphatic heterocycles. The number of aliphatic imine (C=N–C) groups is 1. The minimum absolute atomic E-state index is 0. The molecule has 2 aromatic carbocycles. The van der Waals surface area contributed by atoms with Gasteiger partial charge in [0, 0.05) is 20.6 Å². The summed E-state index contributed by atoms with van der Waals surface area (Å²) in [7, 11) is 4.91. The first-order chi connectivity index (χ1) is 14.7. The first kappa shape index (κ1) is 27.5. The Morgan fingerprint density at radius 2 is 1.59 bits per heavy atom. The highest BCUT2D eigenvalue weighted by Crippen LogP contribution is 2.29. The fourth-order valence-corrected chi connectivity index (χ4v) is 2.58. The average Bonchev–Trinajstić information content (AvgIpc) is 2.75. The van der Waals surface area contributed by atoms with Crippen LogP contribution in [-0.4, -0.2) is 51.1 Å². The Bertz CT molecular complexity index is 870. The first-order valence-electron chi connectivity index (χ1n) is 9.70. The Morgan fingerprint density at radius 1 is 1.00 bits per heavy atom. The zero-order valence-corrected chi connectivity index (χ0v) is 20.5. The van der Waals surface area contributed by atoms with Crippen LogP contribution in [0, 0.1) is 0 Å². The van der Waals surface area contributed by atoms with E-state index in [4.69, 9.17) is 4.74 Å². The zero-order valence-electron chi connectivity index (χ0n) is 18.2. The lowest BCUT2D eigenvalue weighted by molar-refractivity contribution is -0.137. The van der Waals surface area contributed by atoms with Gasteiger partial charge < -0.3 is 20.3 Å². The van der Waals surface area contributed by atoms with Gasteiger partial charge in [-0.15, -0.1) is 24.0 Å². The summed E-state index contributed by atoms with van der Waals surface area (Å²) in [4.78, 5) is 17.7. The maximum Gasteiger partial charge on any atom is 0.416 e. The SMILES string of the molecule is COc1ccc(CCNC(=NCc2ccc(C(F)(F)F)cc2)NCC(=O)N(C)C)cc1.I. The smallest absolute Gasteiger partial charge is 0.416 e. The van der Waals surface area contributed by atoms with Crippen LogP contribution in [0.15, 0.2) is 53.5 Å². The topological polar surface area (TPSA) is 66.0 Å². The largest absolute Gasteiger partial charge is 0.497 e. The van der Waals surface area contributed by atoms with Gasteiger partial charge in [0.15, 0.2) is 5.96 Å². The normalized spacial score (nSPS) is 11.4. The van der Waals surface area contributed by atoms with Crippen molar-refractivity contribution >= 4 is 35.8 Å². The molecule has 0 atom stereocenters. The van der Waals surface area contributed by atoms with Gasteiger partial charge in [-0.25, -0.2) is 4.99 Å². The zero-order chi connectivity index (χ0) is 22.9. The van der Waals surface area contributed by atoms with Gasteiger partial charge in [0.25, 0.3) is 0 Å². The van der Waals surface area contributed by atoms with Gasteiger partial charge in [-0.3, -0.25) is 4.79 Å². The summed E-state index contributed by atoms with van der Waals surface area (Å²) in [6.45, 7) is 0.780. The number of halogens is 4. The van der Waals surface area contributed by atoms with Crippen LogP contribution in [0.3, 0.4) is 0 Å². The quantitative estimate of drug-likeness (QED) is 0.292. The van der Waals surface area contributed by atoms with Crippen molar-refractivity contribution in [2.24, 2.45) is 4.99 Å². The molecule has 0 spiro atoms. The van der Waals surface area contributed by atoms with Gasteiger partial charge >= 0.3 is 6.18 Å². The maximum atomic E-state index is 12.7. The summed E-state index contributed by atoms with van der Waals surface area (Å²) >= 11 is 0. The van der Waals surface area contributed by atoms with Crippen molar-refractivity contribution in [2.75, 3.05) is 34.3 Å². The number of nitrogens with zero attached hydrogens (tertiary/aromatic N) is 2. The third-order valence-corrected chi connectivity index (χ3v) is 4.47. The van der Waals surface area contributed by atoms with Crippen LogP contribution < -0.4 is 15.4 Å². The summed E-state index contributed by atoms with van der Waals surface area (Å²) in [6.07, 6.45) is -3.66. The molecular weight excluding hydrogens is 536 g/mol. The molecule has 0 saturated carbocycles. The van der Waals surface area contributed by atoms with Crippen LogP contribution in [0.25, 0.3) is 0 Å². The van der Waals surface area contributed by atoms with Gasteiger partial charge in [0.1, 0.15) is 5.75 Å². The molecule has 2 N–H and O–H groups in total. The molecule has 0 fully saturated rings. The van der Waals surface area contributed by atoms with E-state index in [1.54, 1.807) is 21.2 Å². The second-order valence-electron chi connectivity index (χ2n) is 7.03. The molecule has 0 unspecified atom stereocenters. The molecule has 0 aliphatic carbocycles. The van der Waals surface area contributed by atoms with Crippen LogP contribution in [0.2, 0.25) is 0 Å². The second-order valence-corrected chi connectivity index (χ2v) is 7.03. The molecule has 32 heavy (non-hydrogen) atoms. The highest BCUT2D eigenvalue weighted by molar-refractivity contribution is 14.0. The number of carbonyl (C=O) groups excluding carboxylic acids is 1. The Hall–Kier alpha value is -2.50. The van der Waals surface area contributed by atoms with E-state index in [9.17, 15) is 18.0 Å².